The molecule has 1 aromatic heterocycles. The van der Waals surface area contributed by atoms with Crippen LogP contribution in [0.3, 0.4) is 0 Å². The zero-order valence-corrected chi connectivity index (χ0v) is 13.2. The van der Waals surface area contributed by atoms with Crippen LogP contribution in [-0.2, 0) is 14.9 Å². The summed E-state index contributed by atoms with van der Waals surface area (Å²) >= 11 is 0. The van der Waals surface area contributed by atoms with E-state index in [2.05, 4.69) is 15.3 Å². The largest absolute Gasteiger partial charge is 0.479 e. The predicted octanol–water partition coefficient (Wildman–Crippen LogP) is 1.55. The van der Waals surface area contributed by atoms with Gasteiger partial charge in [-0.25, -0.2) is 19.6 Å². The second-order valence-electron chi connectivity index (χ2n) is 6.38. The number of amides is 1. The number of aliphatic hydroxyl groups excluding tert-OH is 1. The first-order valence-electron chi connectivity index (χ1n) is 6.67. The van der Waals surface area contributed by atoms with Gasteiger partial charge in [-0.3, -0.25) is 5.32 Å². The van der Waals surface area contributed by atoms with Crippen LogP contribution in [0.4, 0.5) is 10.7 Å². The molecule has 0 saturated heterocycles. The van der Waals surface area contributed by atoms with Crippen LogP contribution in [0.5, 0.6) is 0 Å². The van der Waals surface area contributed by atoms with E-state index in [-0.39, 0.29) is 5.95 Å². The van der Waals surface area contributed by atoms with E-state index in [1.807, 2.05) is 0 Å². The van der Waals surface area contributed by atoms with Crippen molar-refractivity contribution in [2.45, 2.75) is 51.7 Å². The van der Waals surface area contributed by atoms with Crippen LogP contribution in [-0.4, -0.2) is 43.9 Å². The van der Waals surface area contributed by atoms with Gasteiger partial charge in [0.15, 0.2) is 6.10 Å². The van der Waals surface area contributed by atoms with Gasteiger partial charge in [-0.2, -0.15) is 0 Å². The lowest BCUT2D eigenvalue weighted by Gasteiger charge is -2.27. The molecule has 8 nitrogen and oxygen atoms in total. The normalized spacial score (nSPS) is 13.4. The van der Waals surface area contributed by atoms with Gasteiger partial charge in [0.1, 0.15) is 5.60 Å². The van der Waals surface area contributed by atoms with Gasteiger partial charge in [-0.05, 0) is 26.3 Å². The van der Waals surface area contributed by atoms with Gasteiger partial charge >= 0.3 is 12.1 Å². The number of carboxylic acids is 1. The summed E-state index contributed by atoms with van der Waals surface area (Å²) in [5.74, 6) is -1.31. The van der Waals surface area contributed by atoms with E-state index in [4.69, 9.17) is 9.84 Å². The Morgan fingerprint density at radius 2 is 1.68 bits per heavy atom. The van der Waals surface area contributed by atoms with E-state index < -0.39 is 29.2 Å². The summed E-state index contributed by atoms with van der Waals surface area (Å²) in [4.78, 5) is 30.3. The number of carbonyl (C=O) groups is 2. The lowest BCUT2D eigenvalue weighted by atomic mass is 9.81. The van der Waals surface area contributed by atoms with Gasteiger partial charge in [0.25, 0.3) is 0 Å². The van der Waals surface area contributed by atoms with Crippen molar-refractivity contribution in [2.24, 2.45) is 0 Å². The number of aliphatic carboxylic acids is 1. The maximum absolute atomic E-state index is 11.6. The summed E-state index contributed by atoms with van der Waals surface area (Å²) in [5.41, 5.74) is -1.29. The van der Waals surface area contributed by atoms with E-state index in [0.29, 0.717) is 5.56 Å². The van der Waals surface area contributed by atoms with Gasteiger partial charge in [-0.1, -0.05) is 13.8 Å². The maximum Gasteiger partial charge on any atom is 0.414 e. The van der Waals surface area contributed by atoms with Crippen LogP contribution < -0.4 is 5.32 Å². The first-order chi connectivity index (χ1) is 9.93. The molecule has 0 bridgehead atoms. The van der Waals surface area contributed by atoms with Crippen molar-refractivity contribution in [1.29, 1.82) is 0 Å². The SMILES string of the molecule is CC(C)(C)OC(=O)Nc1ncc(C(C)(C)C(O)C(=O)O)cn1. The highest BCUT2D eigenvalue weighted by molar-refractivity contribution is 5.82. The minimum atomic E-state index is -1.60. The third-order valence-corrected chi connectivity index (χ3v) is 2.93. The van der Waals surface area contributed by atoms with Crippen molar-refractivity contribution in [3.05, 3.63) is 18.0 Å². The van der Waals surface area contributed by atoms with E-state index in [1.54, 1.807) is 34.6 Å². The standard InChI is InChI=1S/C14H21N3O5/c1-13(2,3)22-12(21)17-11-15-6-8(7-16-11)14(4,5)9(18)10(19)20/h6-7,9,18H,1-5H3,(H,19,20)(H,15,16,17,21). The molecule has 0 aromatic carbocycles. The second-order valence-corrected chi connectivity index (χ2v) is 6.38. The average Bonchev–Trinajstić information content (AvgIpc) is 2.35. The van der Waals surface area contributed by atoms with Gasteiger partial charge in [0.2, 0.25) is 5.95 Å². The Labute approximate surface area is 128 Å². The highest BCUT2D eigenvalue weighted by Gasteiger charge is 2.35. The number of nitrogens with zero attached hydrogens (tertiary/aromatic N) is 2. The molecule has 0 radical (unpaired) electrons. The average molecular weight is 311 g/mol. The number of rotatable bonds is 4. The molecule has 1 aromatic rings. The highest BCUT2D eigenvalue weighted by atomic mass is 16.6. The molecule has 0 fully saturated rings. The Morgan fingerprint density at radius 3 is 2.09 bits per heavy atom. The van der Waals surface area contributed by atoms with Crippen molar-refractivity contribution in [3.8, 4) is 0 Å². The van der Waals surface area contributed by atoms with E-state index in [9.17, 15) is 14.7 Å². The molecule has 0 aliphatic rings. The first kappa shape index (κ1) is 17.8. The summed E-state index contributed by atoms with van der Waals surface area (Å²) in [6.07, 6.45) is 0.420. The van der Waals surface area contributed by atoms with Crippen LogP contribution in [0.1, 0.15) is 40.2 Å². The van der Waals surface area contributed by atoms with E-state index >= 15 is 0 Å². The zero-order chi connectivity index (χ0) is 17.1. The van der Waals surface area contributed by atoms with Gasteiger partial charge < -0.3 is 14.9 Å². The Kier molecular flexibility index (Phi) is 5.08. The van der Waals surface area contributed by atoms with Crippen LogP contribution in [0, 0.1) is 0 Å². The van der Waals surface area contributed by atoms with Gasteiger partial charge in [0.05, 0.1) is 0 Å². The number of hydrogen-bond donors (Lipinski definition) is 3. The van der Waals surface area contributed by atoms with Crippen molar-refractivity contribution in [2.75, 3.05) is 5.32 Å². The fraction of sp³-hybridized carbons (Fsp3) is 0.571. The molecule has 3 N–H and O–H groups in total. The molecule has 1 heterocycles. The molecule has 1 atom stereocenters. The van der Waals surface area contributed by atoms with Gasteiger partial charge in [-0.15, -0.1) is 0 Å². The molecule has 122 valence electrons. The minimum Gasteiger partial charge on any atom is -0.479 e. The summed E-state index contributed by atoms with van der Waals surface area (Å²) in [5, 5.41) is 21.0. The smallest absolute Gasteiger partial charge is 0.414 e. The molecular formula is C14H21N3O5. The molecule has 8 heteroatoms. The molecule has 1 unspecified atom stereocenters. The molecule has 1 rings (SSSR count). The first-order valence-corrected chi connectivity index (χ1v) is 6.67. The summed E-state index contributed by atoms with van der Waals surface area (Å²) in [7, 11) is 0. The Hall–Kier alpha value is -2.22. The maximum atomic E-state index is 11.6. The number of carbonyl (C=O) groups excluding carboxylic acids is 1. The Bertz CT molecular complexity index is 549. The molecular weight excluding hydrogens is 290 g/mol. The van der Waals surface area contributed by atoms with Crippen molar-refractivity contribution in [3.63, 3.8) is 0 Å². The Morgan fingerprint density at radius 1 is 1.18 bits per heavy atom. The lowest BCUT2D eigenvalue weighted by molar-refractivity contribution is -0.150. The summed E-state index contributed by atoms with van der Waals surface area (Å²) < 4.78 is 5.06. The number of aromatic nitrogens is 2. The molecule has 0 aliphatic heterocycles. The molecule has 22 heavy (non-hydrogen) atoms. The minimum absolute atomic E-state index is 0.0265. The number of nitrogens with one attached hydrogen (secondary N) is 1. The lowest BCUT2D eigenvalue weighted by Crippen LogP contribution is -2.40. The third-order valence-electron chi connectivity index (χ3n) is 2.93. The predicted molar refractivity (Wildman–Crippen MR) is 78.6 cm³/mol. The molecule has 0 spiro atoms. The molecule has 1 amide bonds. The van der Waals surface area contributed by atoms with E-state index in [1.165, 1.54) is 12.4 Å². The number of hydrogen-bond acceptors (Lipinski definition) is 6. The topological polar surface area (TPSA) is 122 Å². The monoisotopic (exact) mass is 311 g/mol. The van der Waals surface area contributed by atoms with Crippen LogP contribution >= 0.6 is 0 Å². The second kappa shape index (κ2) is 6.27. The van der Waals surface area contributed by atoms with Crippen molar-refractivity contribution < 1.29 is 24.5 Å². The molecule has 0 saturated carbocycles. The fourth-order valence-electron chi connectivity index (χ4n) is 1.59. The van der Waals surface area contributed by atoms with Crippen LogP contribution in [0.25, 0.3) is 0 Å². The summed E-state index contributed by atoms with van der Waals surface area (Å²) in [6, 6.07) is 0. The van der Waals surface area contributed by atoms with Crippen LogP contribution in [0.2, 0.25) is 0 Å². The third kappa shape index (κ3) is 4.66. The van der Waals surface area contributed by atoms with Crippen LogP contribution in [0.15, 0.2) is 12.4 Å². The number of aliphatic hydroxyl groups is 1. The fourth-order valence-corrected chi connectivity index (χ4v) is 1.59. The van der Waals surface area contributed by atoms with Gasteiger partial charge in [0, 0.05) is 17.8 Å². The number of ether oxygens (including phenoxy) is 1. The van der Waals surface area contributed by atoms with Crippen molar-refractivity contribution in [1.82, 2.24) is 9.97 Å². The number of anilines is 1. The zero-order valence-electron chi connectivity index (χ0n) is 13.2. The highest BCUT2D eigenvalue weighted by Crippen LogP contribution is 2.26. The van der Waals surface area contributed by atoms with Crippen molar-refractivity contribution >= 4 is 18.0 Å². The molecule has 0 aliphatic carbocycles. The van der Waals surface area contributed by atoms with E-state index in [0.717, 1.165) is 0 Å². The Balaban J connectivity index is 2.83. The number of carboxylic acid groups (broad SMARTS) is 1. The summed E-state index contributed by atoms with van der Waals surface area (Å²) in [6.45, 7) is 8.31. The quantitative estimate of drug-likeness (QED) is 0.771.